The molecule has 102 valence electrons. The smallest absolute Gasteiger partial charge is 0.150 e. The number of hydrogen-bond acceptors (Lipinski definition) is 4. The summed E-state index contributed by atoms with van der Waals surface area (Å²) in [6.07, 6.45) is 1.78. The Kier molecular flexibility index (Phi) is 3.67. The fraction of sp³-hybridized carbons (Fsp3) is 0.200. The van der Waals surface area contributed by atoms with E-state index in [1.807, 2.05) is 37.3 Å². The number of hydrogen-bond donors (Lipinski definition) is 1. The standard InChI is InChI=1S/C15H14ClN3O/c1-10-7-12(20-19-10)9-17-8-11-4-5-14(16)13-3-2-6-18-15(11)13/h2-7,17H,8-9H2,1H3. The predicted octanol–water partition coefficient (Wildman–Crippen LogP) is 3.47. The van der Waals surface area contributed by atoms with E-state index in [9.17, 15) is 0 Å². The van der Waals surface area contributed by atoms with E-state index in [0.29, 0.717) is 13.1 Å². The molecule has 2 aromatic heterocycles. The van der Waals surface area contributed by atoms with Crippen molar-refractivity contribution in [3.8, 4) is 0 Å². The van der Waals surface area contributed by atoms with Gasteiger partial charge in [-0.15, -0.1) is 0 Å². The zero-order chi connectivity index (χ0) is 13.9. The second-order valence-electron chi connectivity index (χ2n) is 4.64. The number of benzene rings is 1. The van der Waals surface area contributed by atoms with Gasteiger partial charge in [-0.25, -0.2) is 0 Å². The van der Waals surface area contributed by atoms with Crippen LogP contribution in [0.4, 0.5) is 0 Å². The molecule has 2 heterocycles. The Bertz CT molecular complexity index is 739. The SMILES string of the molecule is Cc1cc(CNCc2ccc(Cl)c3cccnc23)on1. The van der Waals surface area contributed by atoms with E-state index in [2.05, 4.69) is 15.5 Å². The third-order valence-electron chi connectivity index (χ3n) is 3.09. The summed E-state index contributed by atoms with van der Waals surface area (Å²) in [4.78, 5) is 4.41. The Balaban J connectivity index is 1.76. The lowest BCUT2D eigenvalue weighted by Crippen LogP contribution is -2.12. The summed E-state index contributed by atoms with van der Waals surface area (Å²) in [5.41, 5.74) is 2.93. The fourth-order valence-corrected chi connectivity index (χ4v) is 2.37. The molecule has 4 nitrogen and oxygen atoms in total. The topological polar surface area (TPSA) is 51.0 Å². The number of nitrogens with zero attached hydrogens (tertiary/aromatic N) is 2. The molecule has 0 spiro atoms. The van der Waals surface area contributed by atoms with Crippen molar-refractivity contribution in [1.82, 2.24) is 15.5 Å². The van der Waals surface area contributed by atoms with Gasteiger partial charge in [-0.05, 0) is 30.7 Å². The molecule has 0 atom stereocenters. The summed E-state index contributed by atoms with van der Waals surface area (Å²) in [5, 5.41) is 8.89. The second kappa shape index (κ2) is 5.61. The lowest BCUT2D eigenvalue weighted by Gasteiger charge is -2.07. The molecule has 0 aliphatic carbocycles. The molecule has 0 unspecified atom stereocenters. The van der Waals surface area contributed by atoms with Crippen LogP contribution in [0.3, 0.4) is 0 Å². The molecule has 1 N–H and O–H groups in total. The van der Waals surface area contributed by atoms with Crippen LogP contribution >= 0.6 is 11.6 Å². The summed E-state index contributed by atoms with van der Waals surface area (Å²) in [6, 6.07) is 9.69. The van der Waals surface area contributed by atoms with E-state index in [1.54, 1.807) is 6.20 Å². The van der Waals surface area contributed by atoms with Gasteiger partial charge in [0.15, 0.2) is 5.76 Å². The second-order valence-corrected chi connectivity index (χ2v) is 5.05. The first-order chi connectivity index (χ1) is 9.74. The van der Waals surface area contributed by atoms with Crippen LogP contribution < -0.4 is 5.32 Å². The minimum atomic E-state index is 0.637. The van der Waals surface area contributed by atoms with E-state index in [0.717, 1.165) is 32.9 Å². The lowest BCUT2D eigenvalue weighted by molar-refractivity contribution is 0.369. The minimum absolute atomic E-state index is 0.637. The average molecular weight is 288 g/mol. The molecule has 0 bridgehead atoms. The van der Waals surface area contributed by atoms with Gasteiger partial charge >= 0.3 is 0 Å². The first kappa shape index (κ1) is 13.1. The van der Waals surface area contributed by atoms with Crippen molar-refractivity contribution >= 4 is 22.5 Å². The largest absolute Gasteiger partial charge is 0.360 e. The van der Waals surface area contributed by atoms with E-state index in [4.69, 9.17) is 16.1 Å². The highest BCUT2D eigenvalue weighted by atomic mass is 35.5. The summed E-state index contributed by atoms with van der Waals surface area (Å²) >= 11 is 6.18. The minimum Gasteiger partial charge on any atom is -0.360 e. The average Bonchev–Trinajstić information content (AvgIpc) is 2.87. The molecule has 0 aliphatic heterocycles. The van der Waals surface area contributed by atoms with Crippen LogP contribution in [0.5, 0.6) is 0 Å². The molecule has 1 aromatic carbocycles. The van der Waals surface area contributed by atoms with Crippen LogP contribution in [0.15, 0.2) is 41.1 Å². The van der Waals surface area contributed by atoms with Crippen molar-refractivity contribution in [3.63, 3.8) is 0 Å². The molecule has 0 aliphatic rings. The molecule has 20 heavy (non-hydrogen) atoms. The highest BCUT2D eigenvalue weighted by Gasteiger charge is 2.06. The number of pyridine rings is 1. The van der Waals surface area contributed by atoms with Gasteiger partial charge in [0.25, 0.3) is 0 Å². The van der Waals surface area contributed by atoms with Gasteiger partial charge in [-0.3, -0.25) is 4.98 Å². The van der Waals surface area contributed by atoms with Crippen LogP contribution in [0.25, 0.3) is 10.9 Å². The first-order valence-corrected chi connectivity index (χ1v) is 6.77. The van der Waals surface area contributed by atoms with Gasteiger partial charge in [0.2, 0.25) is 0 Å². The van der Waals surface area contributed by atoms with Crippen molar-refractivity contribution in [2.75, 3.05) is 0 Å². The van der Waals surface area contributed by atoms with E-state index in [-0.39, 0.29) is 0 Å². The zero-order valence-electron chi connectivity index (χ0n) is 11.1. The highest BCUT2D eigenvalue weighted by molar-refractivity contribution is 6.35. The molecular weight excluding hydrogens is 274 g/mol. The van der Waals surface area contributed by atoms with Crippen molar-refractivity contribution in [2.24, 2.45) is 0 Å². The summed E-state index contributed by atoms with van der Waals surface area (Å²) in [7, 11) is 0. The van der Waals surface area contributed by atoms with Crippen molar-refractivity contribution in [1.29, 1.82) is 0 Å². The Labute approximate surface area is 121 Å². The van der Waals surface area contributed by atoms with Gasteiger partial charge in [-0.2, -0.15) is 0 Å². The number of nitrogens with one attached hydrogen (secondary N) is 1. The molecule has 0 saturated carbocycles. The number of halogens is 1. The van der Waals surface area contributed by atoms with Gasteiger partial charge in [-0.1, -0.05) is 22.8 Å². The quantitative estimate of drug-likeness (QED) is 0.798. The van der Waals surface area contributed by atoms with Crippen molar-refractivity contribution < 1.29 is 4.52 Å². The van der Waals surface area contributed by atoms with Crippen LogP contribution in [0, 0.1) is 6.92 Å². The van der Waals surface area contributed by atoms with Crippen LogP contribution in [-0.2, 0) is 13.1 Å². The van der Waals surface area contributed by atoms with Crippen molar-refractivity contribution in [2.45, 2.75) is 20.0 Å². The summed E-state index contributed by atoms with van der Waals surface area (Å²) in [6.45, 7) is 3.24. The third kappa shape index (κ3) is 2.66. The van der Waals surface area contributed by atoms with Gasteiger partial charge < -0.3 is 9.84 Å². The lowest BCUT2D eigenvalue weighted by atomic mass is 10.1. The van der Waals surface area contributed by atoms with Gasteiger partial charge in [0.1, 0.15) is 0 Å². The maximum atomic E-state index is 6.18. The number of fused-ring (bicyclic) bond motifs is 1. The monoisotopic (exact) mass is 287 g/mol. The van der Waals surface area contributed by atoms with Crippen molar-refractivity contribution in [3.05, 3.63) is 58.6 Å². The molecular formula is C15H14ClN3O. The molecule has 3 rings (SSSR count). The molecule has 0 radical (unpaired) electrons. The van der Waals surface area contributed by atoms with E-state index < -0.39 is 0 Å². The molecule has 5 heteroatoms. The molecule has 0 saturated heterocycles. The Morgan fingerprint density at radius 3 is 2.95 bits per heavy atom. The Morgan fingerprint density at radius 1 is 1.25 bits per heavy atom. The van der Waals surface area contributed by atoms with E-state index in [1.165, 1.54) is 0 Å². The fourth-order valence-electron chi connectivity index (χ4n) is 2.16. The van der Waals surface area contributed by atoms with Crippen LogP contribution in [0.1, 0.15) is 17.0 Å². The number of aromatic nitrogens is 2. The molecule has 0 fully saturated rings. The summed E-state index contributed by atoms with van der Waals surface area (Å²) < 4.78 is 5.16. The van der Waals surface area contributed by atoms with E-state index >= 15 is 0 Å². The maximum Gasteiger partial charge on any atom is 0.150 e. The van der Waals surface area contributed by atoms with Gasteiger partial charge in [0.05, 0.1) is 17.8 Å². The first-order valence-electron chi connectivity index (χ1n) is 6.39. The number of aryl methyl sites for hydroxylation is 1. The zero-order valence-corrected chi connectivity index (χ0v) is 11.8. The van der Waals surface area contributed by atoms with Gasteiger partial charge in [0, 0.05) is 29.2 Å². The Morgan fingerprint density at radius 2 is 2.15 bits per heavy atom. The van der Waals surface area contributed by atoms with Crippen LogP contribution in [0.2, 0.25) is 5.02 Å². The predicted molar refractivity (Wildman–Crippen MR) is 78.5 cm³/mol. The normalized spacial score (nSPS) is 11.1. The Hall–Kier alpha value is -1.91. The van der Waals surface area contributed by atoms with Crippen LogP contribution in [-0.4, -0.2) is 10.1 Å². The highest BCUT2D eigenvalue weighted by Crippen LogP contribution is 2.24. The third-order valence-corrected chi connectivity index (χ3v) is 3.42. The maximum absolute atomic E-state index is 6.18. The molecule has 0 amide bonds. The molecule has 3 aromatic rings. The number of rotatable bonds is 4. The summed E-state index contributed by atoms with van der Waals surface area (Å²) in [5.74, 6) is 0.828.